The maximum atomic E-state index is 13.3. The lowest BCUT2D eigenvalue weighted by Crippen LogP contribution is -2.38. The zero-order valence-corrected chi connectivity index (χ0v) is 25.3. The quantitative estimate of drug-likeness (QED) is 0.256. The number of nitriles is 1. The molecule has 0 saturated heterocycles. The van der Waals surface area contributed by atoms with E-state index < -0.39 is 5.92 Å². The highest BCUT2D eigenvalue weighted by Gasteiger charge is 2.41. The summed E-state index contributed by atoms with van der Waals surface area (Å²) in [4.78, 5) is 43.4. The highest BCUT2D eigenvalue weighted by atomic mass is 32.2. The van der Waals surface area contributed by atoms with Gasteiger partial charge in [-0.05, 0) is 32.3 Å². The number of nitrogens with one attached hydrogen (secondary N) is 1. The molecule has 11 nitrogen and oxygen atoms in total. The van der Waals surface area contributed by atoms with E-state index in [2.05, 4.69) is 26.6 Å². The third kappa shape index (κ3) is 6.23. The van der Waals surface area contributed by atoms with Crippen LogP contribution in [0.3, 0.4) is 0 Å². The highest BCUT2D eigenvalue weighted by Crippen LogP contribution is 2.47. The smallest absolute Gasteiger partial charge is 0.311 e. The highest BCUT2D eigenvalue weighted by molar-refractivity contribution is 8.01. The first-order valence-corrected chi connectivity index (χ1v) is 15.9. The summed E-state index contributed by atoms with van der Waals surface area (Å²) in [6.45, 7) is 4.01. The minimum Gasteiger partial charge on any atom is -0.466 e. The summed E-state index contributed by atoms with van der Waals surface area (Å²) in [5, 5.41) is 24.0. The van der Waals surface area contributed by atoms with Crippen molar-refractivity contribution in [1.29, 1.82) is 5.26 Å². The number of ketones is 1. The molecule has 42 heavy (non-hydrogen) atoms. The second-order valence-electron chi connectivity index (χ2n) is 9.54. The van der Waals surface area contributed by atoms with E-state index in [1.165, 1.54) is 34.4 Å². The number of ether oxygens (including phenoxy) is 1. The van der Waals surface area contributed by atoms with Crippen molar-refractivity contribution < 1.29 is 19.1 Å². The molecule has 1 unspecified atom stereocenters. The van der Waals surface area contributed by atoms with Crippen molar-refractivity contribution >= 4 is 62.4 Å². The Hall–Kier alpha value is -4.06. The fraction of sp³-hybridized carbons (Fsp3) is 0.321. The van der Waals surface area contributed by atoms with Crippen molar-refractivity contribution in [3.05, 3.63) is 69.1 Å². The first kappa shape index (κ1) is 29.4. The molecule has 3 aromatic rings. The molecular weight excluding hydrogens is 595 g/mol. The number of carbonyl (C=O) groups is 3. The van der Waals surface area contributed by atoms with Gasteiger partial charge in [0.1, 0.15) is 5.82 Å². The van der Waals surface area contributed by atoms with E-state index in [-0.39, 0.29) is 35.7 Å². The van der Waals surface area contributed by atoms with Gasteiger partial charge in [0.15, 0.2) is 15.3 Å². The number of carbonyl (C=O) groups excluding carboxylic acids is 3. The number of aromatic nitrogens is 3. The number of Topliss-reactive ketones (excluding diaryl/α,β-unsaturated/α-hetero) is 1. The SMILES string of the molecule is CCOC(=O)Cc1csc(NC(=O)CSc2nnc(N3C(N)=C(C#N)C(c4ccc(C)cc4)C4=C3CCCC4=O)s2)n1. The molecule has 2 aliphatic rings. The van der Waals surface area contributed by atoms with Crippen LogP contribution in [0, 0.1) is 18.3 Å². The summed E-state index contributed by atoms with van der Waals surface area (Å²) in [6.07, 6.45) is 1.73. The number of benzene rings is 1. The summed E-state index contributed by atoms with van der Waals surface area (Å²) >= 11 is 3.65. The molecule has 3 heterocycles. The van der Waals surface area contributed by atoms with Crippen LogP contribution >= 0.6 is 34.4 Å². The van der Waals surface area contributed by atoms with Gasteiger partial charge in [0, 0.05) is 23.1 Å². The lowest BCUT2D eigenvalue weighted by molar-refractivity contribution is -0.142. The number of nitrogens with two attached hydrogens (primary N) is 1. The summed E-state index contributed by atoms with van der Waals surface area (Å²) in [5.74, 6) is -0.927. The average molecular weight is 622 g/mol. The number of hydrogen-bond donors (Lipinski definition) is 2. The fourth-order valence-electron chi connectivity index (χ4n) is 4.84. The van der Waals surface area contributed by atoms with Gasteiger partial charge in [-0.3, -0.25) is 19.3 Å². The lowest BCUT2D eigenvalue weighted by Gasteiger charge is -2.38. The number of anilines is 2. The molecule has 1 amide bonds. The van der Waals surface area contributed by atoms with Crippen molar-refractivity contribution in [3.8, 4) is 6.07 Å². The number of nitrogens with zero attached hydrogens (tertiary/aromatic N) is 5. The van der Waals surface area contributed by atoms with E-state index in [0.29, 0.717) is 57.3 Å². The average Bonchev–Trinajstić information content (AvgIpc) is 3.61. The molecule has 1 aliphatic carbocycles. The number of esters is 1. The predicted molar refractivity (Wildman–Crippen MR) is 161 cm³/mol. The van der Waals surface area contributed by atoms with Gasteiger partial charge >= 0.3 is 5.97 Å². The monoisotopic (exact) mass is 621 g/mol. The molecule has 14 heteroatoms. The van der Waals surface area contributed by atoms with Crippen LogP contribution < -0.4 is 16.0 Å². The molecule has 0 fully saturated rings. The number of thiazole rings is 1. The second-order valence-corrected chi connectivity index (χ2v) is 12.6. The molecule has 0 radical (unpaired) electrons. The molecule has 1 atom stereocenters. The number of aryl methyl sites for hydroxylation is 1. The van der Waals surface area contributed by atoms with Gasteiger partial charge in [-0.15, -0.1) is 21.5 Å². The minimum absolute atomic E-state index is 0.00420. The van der Waals surface area contributed by atoms with Gasteiger partial charge < -0.3 is 15.8 Å². The Bertz CT molecular complexity index is 1630. The van der Waals surface area contributed by atoms with E-state index in [9.17, 15) is 19.6 Å². The van der Waals surface area contributed by atoms with Gasteiger partial charge in [0.2, 0.25) is 11.0 Å². The number of thioether (sulfide) groups is 1. The predicted octanol–water partition coefficient (Wildman–Crippen LogP) is 4.44. The zero-order chi connectivity index (χ0) is 29.8. The van der Waals surface area contributed by atoms with E-state index in [4.69, 9.17) is 10.5 Å². The maximum Gasteiger partial charge on any atom is 0.311 e. The molecule has 1 aliphatic heterocycles. The Labute approximate surface area is 254 Å². The van der Waals surface area contributed by atoms with Gasteiger partial charge in [-0.2, -0.15) is 5.26 Å². The number of amides is 1. The molecule has 2 aromatic heterocycles. The van der Waals surface area contributed by atoms with Crippen LogP contribution in [0.5, 0.6) is 0 Å². The Morgan fingerprint density at radius 3 is 2.79 bits per heavy atom. The fourth-order valence-corrected chi connectivity index (χ4v) is 7.24. The Morgan fingerprint density at radius 1 is 1.26 bits per heavy atom. The van der Waals surface area contributed by atoms with E-state index >= 15 is 0 Å². The summed E-state index contributed by atoms with van der Waals surface area (Å²) in [5.41, 5.74) is 10.7. The van der Waals surface area contributed by atoms with Gasteiger partial charge in [-0.25, -0.2) is 4.98 Å². The third-order valence-electron chi connectivity index (χ3n) is 6.67. The minimum atomic E-state index is -0.538. The van der Waals surface area contributed by atoms with Gasteiger partial charge in [0.05, 0.1) is 42.0 Å². The normalized spacial score (nSPS) is 16.7. The third-order valence-corrected chi connectivity index (χ3v) is 9.51. The molecule has 216 valence electrons. The maximum absolute atomic E-state index is 13.3. The zero-order valence-electron chi connectivity index (χ0n) is 22.9. The largest absolute Gasteiger partial charge is 0.466 e. The van der Waals surface area contributed by atoms with E-state index in [1.54, 1.807) is 17.2 Å². The molecule has 1 aromatic carbocycles. The van der Waals surface area contributed by atoms with Crippen molar-refractivity contribution in [2.45, 2.75) is 49.8 Å². The van der Waals surface area contributed by atoms with Crippen LogP contribution in [0.1, 0.15) is 48.9 Å². The lowest BCUT2D eigenvalue weighted by atomic mass is 9.75. The Balaban J connectivity index is 1.32. The molecule has 0 saturated carbocycles. The topological polar surface area (TPSA) is 164 Å². The molecular formula is C28H27N7O4S3. The van der Waals surface area contributed by atoms with Crippen molar-refractivity contribution in [2.75, 3.05) is 22.6 Å². The van der Waals surface area contributed by atoms with E-state index in [1.807, 2.05) is 31.2 Å². The molecule has 0 bridgehead atoms. The standard InChI is InChI=1S/C28H27N7O4S3/c1-3-39-22(38)11-17-13-40-26(31-17)32-21(37)14-41-28-34-33-27(42-28)35-19-5-4-6-20(36)24(19)23(18(12-29)25(35)30)16-9-7-15(2)8-10-16/h7-10,13,23H,3-6,11,14,30H2,1-2H3,(H,31,32,37). The van der Waals surface area contributed by atoms with Crippen LogP contribution in [0.2, 0.25) is 0 Å². The van der Waals surface area contributed by atoms with Gasteiger partial charge in [0.25, 0.3) is 0 Å². The second kappa shape index (κ2) is 12.8. The summed E-state index contributed by atoms with van der Waals surface area (Å²) < 4.78 is 5.45. The van der Waals surface area contributed by atoms with Crippen molar-refractivity contribution in [3.63, 3.8) is 0 Å². The first-order valence-electron chi connectivity index (χ1n) is 13.2. The van der Waals surface area contributed by atoms with Crippen molar-refractivity contribution in [1.82, 2.24) is 15.2 Å². The molecule has 5 rings (SSSR count). The van der Waals surface area contributed by atoms with Gasteiger partial charge in [-0.1, -0.05) is 52.9 Å². The number of allylic oxidation sites excluding steroid dienone is 3. The first-order chi connectivity index (χ1) is 20.3. The number of rotatable bonds is 9. The van der Waals surface area contributed by atoms with Crippen LogP contribution in [-0.2, 0) is 25.5 Å². The summed E-state index contributed by atoms with van der Waals surface area (Å²) in [7, 11) is 0. The van der Waals surface area contributed by atoms with Crippen LogP contribution in [0.25, 0.3) is 0 Å². The van der Waals surface area contributed by atoms with Crippen LogP contribution in [0.15, 0.2) is 56.6 Å². The van der Waals surface area contributed by atoms with Crippen LogP contribution in [-0.4, -0.2) is 45.2 Å². The Kier molecular flexibility index (Phi) is 9.00. The van der Waals surface area contributed by atoms with Crippen LogP contribution in [0.4, 0.5) is 10.3 Å². The molecule has 3 N–H and O–H groups in total. The number of hydrogen-bond acceptors (Lipinski definition) is 13. The molecule has 0 spiro atoms. The summed E-state index contributed by atoms with van der Waals surface area (Å²) in [6, 6.07) is 10.0. The van der Waals surface area contributed by atoms with Crippen molar-refractivity contribution in [2.24, 2.45) is 5.73 Å². The van der Waals surface area contributed by atoms with E-state index in [0.717, 1.165) is 16.8 Å². The Morgan fingerprint density at radius 2 is 2.05 bits per heavy atom.